The fourth-order valence-corrected chi connectivity index (χ4v) is 4.33. The molecule has 1 atom stereocenters. The maximum absolute atomic E-state index is 4.90. The standard InChI is InChI=1S/C26H27N7/c1-3-7-23-28-24-18(2)14-15-27-26(24)33(23)17-20-12-10-19(11-13-20)16-22(25-29-31-32-30-25)21-8-5-4-6-9-21/h4-6,8-15,22H,3,7,16-17H2,1-2H3,(H,29,30,31,32). The van der Waals surface area contributed by atoms with Crippen LogP contribution in [0, 0.1) is 6.92 Å². The molecule has 5 rings (SSSR count). The highest BCUT2D eigenvalue weighted by molar-refractivity contribution is 5.75. The highest BCUT2D eigenvalue weighted by atomic mass is 15.5. The molecule has 0 amide bonds. The highest BCUT2D eigenvalue weighted by Gasteiger charge is 2.19. The van der Waals surface area contributed by atoms with Crippen molar-refractivity contribution in [3.63, 3.8) is 0 Å². The molecule has 0 saturated carbocycles. The van der Waals surface area contributed by atoms with Gasteiger partial charge in [0.2, 0.25) is 0 Å². The van der Waals surface area contributed by atoms with Gasteiger partial charge in [-0.3, -0.25) is 0 Å². The Bertz CT molecular complexity index is 1320. The minimum atomic E-state index is 0.0768. The molecule has 0 saturated heterocycles. The summed E-state index contributed by atoms with van der Waals surface area (Å²) in [6, 6.07) is 21.2. The molecule has 3 heterocycles. The quantitative estimate of drug-likeness (QED) is 0.383. The largest absolute Gasteiger partial charge is 0.308 e. The van der Waals surface area contributed by atoms with Crippen LogP contribution < -0.4 is 0 Å². The number of benzene rings is 2. The van der Waals surface area contributed by atoms with Crippen LogP contribution in [0.25, 0.3) is 11.2 Å². The van der Waals surface area contributed by atoms with E-state index in [0.29, 0.717) is 0 Å². The van der Waals surface area contributed by atoms with Crippen molar-refractivity contribution in [2.75, 3.05) is 0 Å². The number of nitrogens with zero attached hydrogens (tertiary/aromatic N) is 6. The van der Waals surface area contributed by atoms with Gasteiger partial charge in [0.05, 0.1) is 6.54 Å². The smallest absolute Gasteiger partial charge is 0.160 e. The molecule has 0 aliphatic heterocycles. The van der Waals surface area contributed by atoms with Crippen LogP contribution in [0.1, 0.15) is 53.2 Å². The predicted octanol–water partition coefficient (Wildman–Crippen LogP) is 4.63. The lowest BCUT2D eigenvalue weighted by atomic mass is 9.91. The van der Waals surface area contributed by atoms with E-state index < -0.39 is 0 Å². The molecule has 2 aromatic carbocycles. The van der Waals surface area contributed by atoms with Gasteiger partial charge in [0, 0.05) is 18.5 Å². The normalized spacial score (nSPS) is 12.3. The lowest BCUT2D eigenvalue weighted by molar-refractivity contribution is 0.715. The number of nitrogens with one attached hydrogen (secondary N) is 1. The van der Waals surface area contributed by atoms with Gasteiger partial charge in [0.25, 0.3) is 0 Å². The Morgan fingerprint density at radius 3 is 2.48 bits per heavy atom. The molecule has 7 nitrogen and oxygen atoms in total. The van der Waals surface area contributed by atoms with Crippen molar-refractivity contribution in [1.82, 2.24) is 35.2 Å². The van der Waals surface area contributed by atoms with E-state index in [0.717, 1.165) is 48.6 Å². The first kappa shape index (κ1) is 21.0. The first-order valence-corrected chi connectivity index (χ1v) is 11.4. The summed E-state index contributed by atoms with van der Waals surface area (Å²) in [5, 5.41) is 14.7. The molecule has 166 valence electrons. The SMILES string of the molecule is CCCc1nc2c(C)ccnc2n1Cc1ccc(CC(c2ccccc2)c2nnn[nH]2)cc1. The number of hydrogen-bond acceptors (Lipinski definition) is 5. The second kappa shape index (κ2) is 9.32. The molecular weight excluding hydrogens is 410 g/mol. The Morgan fingerprint density at radius 2 is 1.76 bits per heavy atom. The average Bonchev–Trinajstić information content (AvgIpc) is 3.49. The number of aryl methyl sites for hydroxylation is 2. The summed E-state index contributed by atoms with van der Waals surface area (Å²) in [7, 11) is 0. The molecule has 0 fully saturated rings. The van der Waals surface area contributed by atoms with Crippen LogP contribution in [0.2, 0.25) is 0 Å². The van der Waals surface area contributed by atoms with Crippen LogP contribution in [0.5, 0.6) is 0 Å². The number of tetrazole rings is 1. The Hall–Kier alpha value is -3.87. The summed E-state index contributed by atoms with van der Waals surface area (Å²) >= 11 is 0. The molecule has 7 heteroatoms. The van der Waals surface area contributed by atoms with Crippen LogP contribution in [0.4, 0.5) is 0 Å². The monoisotopic (exact) mass is 437 g/mol. The number of aromatic amines is 1. The van der Waals surface area contributed by atoms with Crippen LogP contribution in [-0.4, -0.2) is 35.2 Å². The maximum Gasteiger partial charge on any atom is 0.160 e. The number of imidazole rings is 1. The third-order valence-corrected chi connectivity index (χ3v) is 6.09. The van der Waals surface area contributed by atoms with Gasteiger partial charge in [-0.15, -0.1) is 5.10 Å². The zero-order valence-corrected chi connectivity index (χ0v) is 18.9. The van der Waals surface area contributed by atoms with Gasteiger partial charge in [0.15, 0.2) is 11.5 Å². The summed E-state index contributed by atoms with van der Waals surface area (Å²) in [5.41, 5.74) is 6.79. The number of pyridine rings is 1. The third-order valence-electron chi connectivity index (χ3n) is 6.09. The number of aromatic nitrogens is 7. The molecule has 1 N–H and O–H groups in total. The summed E-state index contributed by atoms with van der Waals surface area (Å²) in [5.74, 6) is 1.95. The third kappa shape index (κ3) is 4.39. The molecule has 0 spiro atoms. The van der Waals surface area contributed by atoms with Gasteiger partial charge in [-0.2, -0.15) is 0 Å². The predicted molar refractivity (Wildman–Crippen MR) is 128 cm³/mol. The minimum absolute atomic E-state index is 0.0768. The lowest BCUT2D eigenvalue weighted by Gasteiger charge is -2.15. The Labute approximate surface area is 192 Å². The van der Waals surface area contributed by atoms with Crippen molar-refractivity contribution in [1.29, 1.82) is 0 Å². The van der Waals surface area contributed by atoms with E-state index in [1.807, 2.05) is 30.5 Å². The van der Waals surface area contributed by atoms with E-state index in [9.17, 15) is 0 Å². The Morgan fingerprint density at radius 1 is 0.970 bits per heavy atom. The van der Waals surface area contributed by atoms with Crippen LogP contribution >= 0.6 is 0 Å². The van der Waals surface area contributed by atoms with Crippen molar-refractivity contribution >= 4 is 11.2 Å². The highest BCUT2D eigenvalue weighted by Crippen LogP contribution is 2.26. The lowest BCUT2D eigenvalue weighted by Crippen LogP contribution is -2.08. The summed E-state index contributed by atoms with van der Waals surface area (Å²) in [4.78, 5) is 9.53. The Kier molecular flexibility index (Phi) is 5.93. The molecule has 0 radical (unpaired) electrons. The van der Waals surface area contributed by atoms with E-state index in [4.69, 9.17) is 4.98 Å². The molecule has 1 unspecified atom stereocenters. The van der Waals surface area contributed by atoms with Gasteiger partial charge >= 0.3 is 0 Å². The van der Waals surface area contributed by atoms with E-state index in [1.54, 1.807) is 0 Å². The van der Waals surface area contributed by atoms with Crippen molar-refractivity contribution in [3.05, 3.63) is 101 Å². The van der Waals surface area contributed by atoms with Crippen molar-refractivity contribution in [2.24, 2.45) is 0 Å². The van der Waals surface area contributed by atoms with Crippen molar-refractivity contribution < 1.29 is 0 Å². The fourth-order valence-electron chi connectivity index (χ4n) is 4.33. The van der Waals surface area contributed by atoms with E-state index >= 15 is 0 Å². The Balaban J connectivity index is 1.40. The van der Waals surface area contributed by atoms with Crippen molar-refractivity contribution in [3.8, 4) is 0 Å². The van der Waals surface area contributed by atoms with Crippen LogP contribution in [0.3, 0.4) is 0 Å². The van der Waals surface area contributed by atoms with E-state index in [1.165, 1.54) is 22.3 Å². The first-order valence-electron chi connectivity index (χ1n) is 11.4. The van der Waals surface area contributed by atoms with Gasteiger partial charge in [-0.1, -0.05) is 61.5 Å². The zero-order chi connectivity index (χ0) is 22.6. The molecule has 0 aliphatic rings. The second-order valence-corrected chi connectivity index (χ2v) is 8.43. The number of H-pyrrole nitrogens is 1. The molecule has 5 aromatic rings. The summed E-state index contributed by atoms with van der Waals surface area (Å²) in [6.45, 7) is 5.04. The van der Waals surface area contributed by atoms with E-state index in [2.05, 4.69) is 80.4 Å². The average molecular weight is 438 g/mol. The molecule has 0 aliphatic carbocycles. The first-order chi connectivity index (χ1) is 16.2. The number of hydrogen-bond donors (Lipinski definition) is 1. The number of fused-ring (bicyclic) bond motifs is 1. The summed E-state index contributed by atoms with van der Waals surface area (Å²) < 4.78 is 2.26. The van der Waals surface area contributed by atoms with Crippen LogP contribution in [-0.2, 0) is 19.4 Å². The van der Waals surface area contributed by atoms with Crippen LogP contribution in [0.15, 0.2) is 66.9 Å². The minimum Gasteiger partial charge on any atom is -0.308 e. The molecule has 33 heavy (non-hydrogen) atoms. The fraction of sp³-hybridized carbons (Fsp3) is 0.269. The number of rotatable bonds is 8. The topological polar surface area (TPSA) is 85.2 Å². The molecular formula is C26H27N7. The van der Waals surface area contributed by atoms with Gasteiger partial charge in [-0.25, -0.2) is 15.1 Å². The molecule has 0 bridgehead atoms. The van der Waals surface area contributed by atoms with Gasteiger partial charge in [-0.05, 0) is 58.5 Å². The summed E-state index contributed by atoms with van der Waals surface area (Å²) in [6.07, 6.45) is 4.68. The van der Waals surface area contributed by atoms with Crippen molar-refractivity contribution in [2.45, 2.75) is 45.6 Å². The van der Waals surface area contributed by atoms with E-state index in [-0.39, 0.29) is 5.92 Å². The second-order valence-electron chi connectivity index (χ2n) is 8.43. The zero-order valence-electron chi connectivity index (χ0n) is 18.9. The maximum atomic E-state index is 4.90. The molecule has 3 aromatic heterocycles. The van der Waals surface area contributed by atoms with Gasteiger partial charge < -0.3 is 4.57 Å². The van der Waals surface area contributed by atoms with Gasteiger partial charge in [0.1, 0.15) is 11.3 Å².